The molecule has 2 fully saturated rings. The van der Waals surface area contributed by atoms with Crippen molar-refractivity contribution in [1.29, 1.82) is 0 Å². The molecule has 4 aliphatic rings. The van der Waals surface area contributed by atoms with E-state index in [9.17, 15) is 0 Å². The summed E-state index contributed by atoms with van der Waals surface area (Å²) >= 11 is 0. The van der Waals surface area contributed by atoms with Crippen molar-refractivity contribution in [3.63, 3.8) is 0 Å². The van der Waals surface area contributed by atoms with E-state index in [1.165, 1.54) is 41.1 Å². The fraction of sp³-hybridized carbons (Fsp3) is 0.182. The van der Waals surface area contributed by atoms with Gasteiger partial charge in [-0.2, -0.15) is 0 Å². The first kappa shape index (κ1) is 14.5. The Kier molecular flexibility index (Phi) is 3.47. The minimum absolute atomic E-state index is 0.00134. The molecule has 0 nitrogen and oxygen atoms in total. The van der Waals surface area contributed by atoms with Gasteiger partial charge in [-0.15, -0.1) is 0 Å². The van der Waals surface area contributed by atoms with Crippen molar-refractivity contribution in [3.05, 3.63) is 109 Å². The molecule has 0 atom stereocenters. The van der Waals surface area contributed by atoms with E-state index in [-0.39, 0.29) is 5.41 Å². The van der Waals surface area contributed by atoms with Gasteiger partial charge in [0.1, 0.15) is 0 Å². The lowest BCUT2D eigenvalue weighted by Crippen LogP contribution is -2.33. The van der Waals surface area contributed by atoms with Crippen LogP contribution in [0.3, 0.4) is 0 Å². The molecule has 22 heavy (non-hydrogen) atoms. The lowest BCUT2D eigenvalue weighted by Gasteiger charge is -2.42. The number of hydrogen-bond acceptors (Lipinski definition) is 0. The Morgan fingerprint density at radius 3 is 2.14 bits per heavy atom. The molecule has 10 radical (unpaired) electrons. The minimum Gasteiger partial charge on any atom is -0.0758 e. The zero-order valence-corrected chi connectivity index (χ0v) is 13.4. The Hall–Kier alpha value is -1.04. The van der Waals surface area contributed by atoms with E-state index in [2.05, 4.69) is 89.0 Å². The van der Waals surface area contributed by atoms with E-state index in [0.29, 0.717) is 0 Å². The Bertz CT molecular complexity index is 551. The summed E-state index contributed by atoms with van der Waals surface area (Å²) < 4.78 is 0. The molecule has 0 aromatic heterocycles. The minimum atomic E-state index is -0.00134. The molecule has 0 unspecified atom stereocenters. The normalized spacial score (nSPS) is 28.4. The van der Waals surface area contributed by atoms with Gasteiger partial charge in [-0.05, 0) is 43.9 Å². The average Bonchev–Trinajstić information content (AvgIpc) is 3.14. The highest BCUT2D eigenvalue weighted by Crippen LogP contribution is 2.66. The summed E-state index contributed by atoms with van der Waals surface area (Å²) in [6.45, 7) is 6.89. The predicted molar refractivity (Wildman–Crippen MR) is 91.6 cm³/mol. The van der Waals surface area contributed by atoms with Crippen LogP contribution in [0.25, 0.3) is 0 Å². The second-order valence-electron chi connectivity index (χ2n) is 6.72. The van der Waals surface area contributed by atoms with Crippen LogP contribution >= 0.6 is 0 Å². The van der Waals surface area contributed by atoms with E-state index in [0.717, 1.165) is 0 Å². The maximum atomic E-state index is 2.34. The fourth-order valence-corrected chi connectivity index (χ4v) is 3.91. The van der Waals surface area contributed by atoms with Crippen LogP contribution in [0, 0.1) is 66.6 Å². The van der Waals surface area contributed by atoms with E-state index in [1.54, 1.807) is 0 Å². The molecule has 0 amide bonds. The monoisotopic (exact) mass is 284 g/mol. The summed E-state index contributed by atoms with van der Waals surface area (Å²) in [5.41, 5.74) is 1.36. The molecule has 0 spiro atoms. The largest absolute Gasteiger partial charge is 0.0758 e. The molecule has 0 aromatic carbocycles. The number of hydrogen-bond donors (Lipinski definition) is 0. The molecular weight excluding hydrogens is 264 g/mol. The topological polar surface area (TPSA) is 0 Å². The van der Waals surface area contributed by atoms with E-state index in [1.807, 2.05) is 0 Å². The molecule has 0 heteroatoms. The van der Waals surface area contributed by atoms with E-state index in [4.69, 9.17) is 0 Å². The Balaban J connectivity index is 1.74. The summed E-state index contributed by atoms with van der Waals surface area (Å²) in [5.74, 6) is 8.41. The summed E-state index contributed by atoms with van der Waals surface area (Å²) in [4.78, 5) is 0. The Morgan fingerprint density at radius 1 is 0.773 bits per heavy atom. The number of allylic oxidation sites excluding steroid dienone is 8. The standard InChI is InChI=1S/C22H20/c1-15-9-8-14-19-20(15)17-12-6-7-13-18(17)21(19)22(2,3)16-10-4-5-11-16/h4-14H,1-3H3. The van der Waals surface area contributed by atoms with Gasteiger partial charge in [-0.25, -0.2) is 0 Å². The number of rotatable bonds is 2. The van der Waals surface area contributed by atoms with Crippen LogP contribution in [-0.4, -0.2) is 0 Å². The van der Waals surface area contributed by atoms with Crippen molar-refractivity contribution in [1.82, 2.24) is 0 Å². The lowest BCUT2D eigenvalue weighted by atomic mass is 9.61. The van der Waals surface area contributed by atoms with Crippen molar-refractivity contribution < 1.29 is 0 Å². The third-order valence-corrected chi connectivity index (χ3v) is 5.02. The van der Waals surface area contributed by atoms with Gasteiger partial charge in [0.2, 0.25) is 0 Å². The van der Waals surface area contributed by atoms with Crippen molar-refractivity contribution in [2.75, 3.05) is 0 Å². The van der Waals surface area contributed by atoms with Crippen molar-refractivity contribution >= 4 is 0 Å². The number of fused-ring (bicyclic) bond motifs is 3. The highest BCUT2D eigenvalue weighted by atomic mass is 14.6. The summed E-state index contributed by atoms with van der Waals surface area (Å²) in [6, 6.07) is 0. The molecule has 0 aromatic rings. The quantitative estimate of drug-likeness (QED) is 0.673. The van der Waals surface area contributed by atoms with Gasteiger partial charge < -0.3 is 0 Å². The molecule has 0 aliphatic heterocycles. The highest BCUT2D eigenvalue weighted by molar-refractivity contribution is 5.80. The van der Waals surface area contributed by atoms with Crippen LogP contribution in [0.2, 0.25) is 0 Å². The second kappa shape index (κ2) is 5.25. The SMILES string of the molecule is CC1=CC=C[C]2[C]1[C]1C=CC=C[C]1[C]2C(C)(C)[C]1[CH][CH][CH][CH]1. The zero-order valence-electron chi connectivity index (χ0n) is 13.4. The first-order valence-electron chi connectivity index (χ1n) is 7.90. The highest BCUT2D eigenvalue weighted by Gasteiger charge is 2.57. The summed E-state index contributed by atoms with van der Waals surface area (Å²) in [5, 5.41) is 0. The van der Waals surface area contributed by atoms with Gasteiger partial charge >= 0.3 is 0 Å². The molecule has 0 bridgehead atoms. The van der Waals surface area contributed by atoms with Crippen LogP contribution in [0.5, 0.6) is 0 Å². The molecule has 2 saturated carbocycles. The Morgan fingerprint density at radius 2 is 1.41 bits per heavy atom. The van der Waals surface area contributed by atoms with Crippen molar-refractivity contribution in [3.8, 4) is 0 Å². The third-order valence-electron chi connectivity index (χ3n) is 5.02. The molecule has 0 heterocycles. The maximum absolute atomic E-state index is 2.34. The molecule has 0 saturated heterocycles. The molecule has 4 aliphatic carbocycles. The van der Waals surface area contributed by atoms with Crippen LogP contribution in [0.15, 0.2) is 48.1 Å². The zero-order chi connectivity index (χ0) is 15.3. The van der Waals surface area contributed by atoms with Crippen molar-refractivity contribution in [2.45, 2.75) is 20.8 Å². The van der Waals surface area contributed by atoms with Crippen molar-refractivity contribution in [2.24, 2.45) is 5.41 Å². The fourth-order valence-electron chi connectivity index (χ4n) is 3.91. The first-order valence-corrected chi connectivity index (χ1v) is 7.90. The van der Waals surface area contributed by atoms with Crippen LogP contribution in [0.4, 0.5) is 0 Å². The van der Waals surface area contributed by atoms with Crippen LogP contribution < -0.4 is 0 Å². The van der Waals surface area contributed by atoms with Gasteiger partial charge in [0, 0.05) is 29.6 Å². The average molecular weight is 284 g/mol. The van der Waals surface area contributed by atoms with Crippen LogP contribution in [0.1, 0.15) is 20.8 Å². The van der Waals surface area contributed by atoms with Crippen LogP contribution in [-0.2, 0) is 0 Å². The summed E-state index contributed by atoms with van der Waals surface area (Å²) in [6.07, 6.45) is 24.3. The Labute approximate surface area is 136 Å². The van der Waals surface area contributed by atoms with E-state index < -0.39 is 0 Å². The van der Waals surface area contributed by atoms with Gasteiger partial charge in [-0.3, -0.25) is 0 Å². The smallest absolute Gasteiger partial charge is 0.0238 e. The van der Waals surface area contributed by atoms with E-state index >= 15 is 0 Å². The third kappa shape index (κ3) is 2.02. The maximum Gasteiger partial charge on any atom is 0.0238 e. The lowest BCUT2D eigenvalue weighted by molar-refractivity contribution is 0.439. The van der Waals surface area contributed by atoms with Gasteiger partial charge in [-0.1, -0.05) is 62.0 Å². The molecule has 4 rings (SSSR count). The second-order valence-corrected chi connectivity index (χ2v) is 6.72. The molecule has 0 N–H and O–H groups in total. The predicted octanol–water partition coefficient (Wildman–Crippen LogP) is 4.95. The van der Waals surface area contributed by atoms with Gasteiger partial charge in [0.25, 0.3) is 0 Å². The first-order chi connectivity index (χ1) is 10.6. The van der Waals surface area contributed by atoms with Gasteiger partial charge in [0.15, 0.2) is 0 Å². The molecular formula is C22H20. The summed E-state index contributed by atoms with van der Waals surface area (Å²) in [7, 11) is 0. The van der Waals surface area contributed by atoms with Gasteiger partial charge in [0.05, 0.1) is 0 Å². The molecule has 108 valence electrons.